The molecule has 19 heavy (non-hydrogen) atoms. The zero-order valence-electron chi connectivity index (χ0n) is 11.3. The first-order valence-electron chi connectivity index (χ1n) is 6.72. The number of carbonyl (C=O) groups is 2. The van der Waals surface area contributed by atoms with Gasteiger partial charge < -0.3 is 9.84 Å². The van der Waals surface area contributed by atoms with Crippen LogP contribution in [-0.4, -0.2) is 29.1 Å². The van der Waals surface area contributed by atoms with Crippen molar-refractivity contribution in [2.45, 2.75) is 39.4 Å². The molecule has 0 spiro atoms. The van der Waals surface area contributed by atoms with E-state index in [4.69, 9.17) is 4.74 Å². The highest BCUT2D eigenvalue weighted by molar-refractivity contribution is 6.09. The zero-order valence-corrected chi connectivity index (χ0v) is 11.3. The monoisotopic (exact) mass is 262 g/mol. The molecule has 0 unspecified atom stereocenters. The first kappa shape index (κ1) is 12.6. The summed E-state index contributed by atoms with van der Waals surface area (Å²) in [5, 5.41) is 10.3. The molecule has 5 atom stereocenters. The van der Waals surface area contributed by atoms with E-state index in [-0.39, 0.29) is 29.5 Å². The zero-order chi connectivity index (χ0) is 13.9. The molecule has 0 bridgehead atoms. The van der Waals surface area contributed by atoms with Crippen molar-refractivity contribution >= 4 is 11.8 Å². The summed E-state index contributed by atoms with van der Waals surface area (Å²) in [6, 6.07) is 0. The maximum Gasteiger partial charge on any atom is 0.309 e. The van der Waals surface area contributed by atoms with Crippen molar-refractivity contribution in [3.63, 3.8) is 0 Å². The number of fused-ring (bicyclic) bond motifs is 3. The largest absolute Gasteiger partial charge is 0.461 e. The number of hydrogen-bond donors (Lipinski definition) is 1. The van der Waals surface area contributed by atoms with E-state index in [1.54, 1.807) is 13.0 Å². The van der Waals surface area contributed by atoms with Crippen LogP contribution >= 0.6 is 0 Å². The highest BCUT2D eigenvalue weighted by Crippen LogP contribution is 2.47. The number of carbonyl (C=O) groups excluding carboxylic acids is 2. The average molecular weight is 262 g/mol. The third-order valence-electron chi connectivity index (χ3n) is 4.75. The van der Waals surface area contributed by atoms with Gasteiger partial charge in [-0.15, -0.1) is 0 Å². The maximum atomic E-state index is 12.1. The van der Waals surface area contributed by atoms with E-state index in [1.165, 1.54) is 0 Å². The molecule has 0 aromatic rings. The molecular weight excluding hydrogens is 244 g/mol. The minimum absolute atomic E-state index is 0.00320. The number of hydrogen-bond acceptors (Lipinski definition) is 4. The summed E-state index contributed by atoms with van der Waals surface area (Å²) in [4.78, 5) is 23.9. The van der Waals surface area contributed by atoms with Crippen molar-refractivity contribution in [2.24, 2.45) is 17.8 Å². The minimum atomic E-state index is -0.620. The summed E-state index contributed by atoms with van der Waals surface area (Å²) < 4.78 is 5.48. The smallest absolute Gasteiger partial charge is 0.309 e. The Kier molecular flexibility index (Phi) is 2.68. The number of aliphatic hydroxyl groups is 1. The van der Waals surface area contributed by atoms with Crippen molar-refractivity contribution < 1.29 is 19.4 Å². The van der Waals surface area contributed by atoms with Gasteiger partial charge in [-0.25, -0.2) is 0 Å². The third-order valence-corrected chi connectivity index (χ3v) is 4.75. The number of aliphatic hydroxyl groups excluding tert-OH is 1. The normalized spacial score (nSPS) is 41.7. The molecule has 1 aliphatic heterocycles. The Morgan fingerprint density at radius 3 is 2.68 bits per heavy atom. The maximum absolute atomic E-state index is 12.1. The van der Waals surface area contributed by atoms with Crippen LogP contribution in [0.1, 0.15) is 27.2 Å². The standard InChI is InChI=1S/C15H18O4/c1-6-4-10(17)13-8(3)15(18)19-14(13)12-7(2)5-9(16)11(6)12/h5,8,10,12-14,17H,4H2,1-3H3/t8-,10-,12-,13+,14+/m1/s1. The second-order valence-corrected chi connectivity index (χ2v) is 5.96. The molecule has 102 valence electrons. The third kappa shape index (κ3) is 1.62. The predicted octanol–water partition coefficient (Wildman–Crippen LogP) is 1.39. The van der Waals surface area contributed by atoms with Crippen LogP contribution in [0.4, 0.5) is 0 Å². The number of allylic oxidation sites excluding steroid dienone is 1. The molecule has 1 fully saturated rings. The summed E-state index contributed by atoms with van der Waals surface area (Å²) in [6.07, 6.45) is 1.06. The summed E-state index contributed by atoms with van der Waals surface area (Å²) in [5.41, 5.74) is 2.59. The van der Waals surface area contributed by atoms with E-state index in [2.05, 4.69) is 0 Å². The molecule has 0 radical (unpaired) electrons. The van der Waals surface area contributed by atoms with Gasteiger partial charge >= 0.3 is 5.97 Å². The molecule has 4 heteroatoms. The van der Waals surface area contributed by atoms with Crippen LogP contribution in [0, 0.1) is 17.8 Å². The van der Waals surface area contributed by atoms with Crippen LogP contribution in [0.25, 0.3) is 0 Å². The fraction of sp³-hybridized carbons (Fsp3) is 0.600. The summed E-state index contributed by atoms with van der Waals surface area (Å²) in [7, 11) is 0. The van der Waals surface area contributed by atoms with Crippen molar-refractivity contribution in [1.29, 1.82) is 0 Å². The van der Waals surface area contributed by atoms with Gasteiger partial charge in [0.25, 0.3) is 0 Å². The molecule has 0 aromatic carbocycles. The topological polar surface area (TPSA) is 63.6 Å². The summed E-state index contributed by atoms with van der Waals surface area (Å²) in [6.45, 7) is 5.59. The fourth-order valence-electron chi connectivity index (χ4n) is 3.82. The second kappa shape index (κ2) is 4.04. The molecule has 2 aliphatic carbocycles. The molecule has 1 N–H and O–H groups in total. The molecule has 3 rings (SSSR count). The van der Waals surface area contributed by atoms with Gasteiger partial charge in [0, 0.05) is 17.4 Å². The average Bonchev–Trinajstić information content (AvgIpc) is 2.72. The Balaban J connectivity index is 2.11. The highest BCUT2D eigenvalue weighted by atomic mass is 16.6. The lowest BCUT2D eigenvalue weighted by atomic mass is 9.80. The molecule has 4 nitrogen and oxygen atoms in total. The van der Waals surface area contributed by atoms with E-state index in [1.807, 2.05) is 13.8 Å². The molecule has 1 saturated heterocycles. The van der Waals surface area contributed by atoms with Gasteiger partial charge in [-0.1, -0.05) is 18.1 Å². The van der Waals surface area contributed by atoms with Crippen LogP contribution < -0.4 is 0 Å². The van der Waals surface area contributed by atoms with Crippen LogP contribution in [-0.2, 0) is 14.3 Å². The number of esters is 1. The van der Waals surface area contributed by atoms with Gasteiger partial charge in [-0.2, -0.15) is 0 Å². The van der Waals surface area contributed by atoms with Crippen LogP contribution in [0.15, 0.2) is 22.8 Å². The molecule has 3 aliphatic rings. The van der Waals surface area contributed by atoms with Crippen molar-refractivity contribution in [3.05, 3.63) is 22.8 Å². The Labute approximate surface area is 112 Å². The highest BCUT2D eigenvalue weighted by Gasteiger charge is 2.53. The van der Waals surface area contributed by atoms with E-state index in [0.29, 0.717) is 6.42 Å². The van der Waals surface area contributed by atoms with Gasteiger partial charge in [-0.05, 0) is 26.3 Å². The van der Waals surface area contributed by atoms with Crippen LogP contribution in [0.5, 0.6) is 0 Å². The van der Waals surface area contributed by atoms with Gasteiger partial charge in [-0.3, -0.25) is 9.59 Å². The lowest BCUT2D eigenvalue weighted by Gasteiger charge is -2.26. The number of rotatable bonds is 0. The Morgan fingerprint density at radius 1 is 1.32 bits per heavy atom. The first-order valence-corrected chi connectivity index (χ1v) is 6.72. The van der Waals surface area contributed by atoms with Crippen LogP contribution in [0.3, 0.4) is 0 Å². The van der Waals surface area contributed by atoms with E-state index >= 15 is 0 Å². The van der Waals surface area contributed by atoms with Gasteiger partial charge in [0.1, 0.15) is 6.10 Å². The lowest BCUT2D eigenvalue weighted by Crippen LogP contribution is -2.35. The fourth-order valence-corrected chi connectivity index (χ4v) is 3.82. The minimum Gasteiger partial charge on any atom is -0.461 e. The Hall–Kier alpha value is -1.42. The van der Waals surface area contributed by atoms with Gasteiger partial charge in [0.15, 0.2) is 5.78 Å². The summed E-state index contributed by atoms with van der Waals surface area (Å²) >= 11 is 0. The Bertz CT molecular complexity index is 528. The summed E-state index contributed by atoms with van der Waals surface area (Å²) in [5.74, 6) is -0.957. The lowest BCUT2D eigenvalue weighted by molar-refractivity contribution is -0.144. The SMILES string of the molecule is CC1=CC(=O)C2=C(C)C[C@@H](O)[C@H]3[C@@H](OC(=O)[C@@H]3C)[C@H]12. The van der Waals surface area contributed by atoms with Crippen molar-refractivity contribution in [1.82, 2.24) is 0 Å². The second-order valence-electron chi connectivity index (χ2n) is 5.96. The van der Waals surface area contributed by atoms with Gasteiger partial charge in [0.2, 0.25) is 0 Å². The molecule has 1 heterocycles. The van der Waals surface area contributed by atoms with E-state index in [0.717, 1.165) is 16.7 Å². The van der Waals surface area contributed by atoms with Crippen molar-refractivity contribution in [2.75, 3.05) is 0 Å². The van der Waals surface area contributed by atoms with E-state index in [9.17, 15) is 14.7 Å². The Morgan fingerprint density at radius 2 is 2.00 bits per heavy atom. The van der Waals surface area contributed by atoms with E-state index < -0.39 is 12.2 Å². The molecule has 0 amide bonds. The number of ketones is 1. The molecule has 0 saturated carbocycles. The quantitative estimate of drug-likeness (QED) is 0.670. The van der Waals surface area contributed by atoms with Gasteiger partial charge in [0.05, 0.1) is 12.0 Å². The molecule has 0 aromatic heterocycles. The molecular formula is C15H18O4. The number of ether oxygens (including phenoxy) is 1. The van der Waals surface area contributed by atoms with Crippen molar-refractivity contribution in [3.8, 4) is 0 Å². The van der Waals surface area contributed by atoms with Crippen LogP contribution in [0.2, 0.25) is 0 Å². The first-order chi connectivity index (χ1) is 8.91. The predicted molar refractivity (Wildman–Crippen MR) is 68.1 cm³/mol.